The number of carbonyl (C=O) groups excluding carboxylic acids is 1. The van der Waals surface area contributed by atoms with Crippen molar-refractivity contribution >= 4 is 21.9 Å². The van der Waals surface area contributed by atoms with Crippen molar-refractivity contribution in [1.29, 1.82) is 0 Å². The zero-order valence-electron chi connectivity index (χ0n) is 14.5. The molecule has 2 rings (SSSR count). The lowest BCUT2D eigenvalue weighted by Gasteiger charge is -2.27. The number of aryl methyl sites for hydroxylation is 2. The van der Waals surface area contributed by atoms with Crippen LogP contribution in [0.1, 0.15) is 48.6 Å². The molecule has 1 aromatic carbocycles. The van der Waals surface area contributed by atoms with Gasteiger partial charge in [-0.15, -0.1) is 0 Å². The van der Waals surface area contributed by atoms with Crippen LogP contribution in [0.15, 0.2) is 34.8 Å². The Bertz CT molecular complexity index is 784. The molecular formula is C17H20BrN3O4. The van der Waals surface area contributed by atoms with Crippen LogP contribution in [0.3, 0.4) is 0 Å². The molecule has 0 saturated carbocycles. The van der Waals surface area contributed by atoms with Crippen LogP contribution in [0.25, 0.3) is 0 Å². The van der Waals surface area contributed by atoms with Crippen LogP contribution in [-0.2, 0) is 11.3 Å². The van der Waals surface area contributed by atoms with E-state index in [0.717, 1.165) is 4.47 Å². The van der Waals surface area contributed by atoms with Gasteiger partial charge in [0.15, 0.2) is 6.10 Å². The maximum atomic E-state index is 12.6. The zero-order chi connectivity index (χ0) is 18.8. The number of nitro groups is 1. The Hall–Kier alpha value is -2.22. The number of hydrogen-bond donors (Lipinski definition) is 0. The molecule has 0 aliphatic heterocycles. The number of aromatic nitrogens is 2. The van der Waals surface area contributed by atoms with Gasteiger partial charge in [-0.3, -0.25) is 14.8 Å². The largest absolute Gasteiger partial charge is 0.445 e. The molecule has 134 valence electrons. The third-order valence-corrected chi connectivity index (χ3v) is 4.45. The number of halogens is 1. The molecule has 0 aliphatic rings. The Morgan fingerprint density at radius 2 is 2.00 bits per heavy atom. The number of hydrogen-bond acceptors (Lipinski definition) is 5. The average molecular weight is 410 g/mol. The lowest BCUT2D eigenvalue weighted by molar-refractivity contribution is -0.574. The molecule has 8 heteroatoms. The number of esters is 1. The smallest absolute Gasteiger partial charge is 0.357 e. The SMILES string of the molecule is CCn1nc(C)cc1C(=O)OC(c1ccc(Br)cc1)C(C)(C)[N+](=O)[O-]. The van der Waals surface area contributed by atoms with Crippen LogP contribution < -0.4 is 0 Å². The molecule has 0 radical (unpaired) electrons. The Labute approximate surface area is 154 Å². The van der Waals surface area contributed by atoms with Gasteiger partial charge in [0, 0.05) is 29.8 Å². The van der Waals surface area contributed by atoms with Crippen LogP contribution in [-0.4, -0.2) is 26.2 Å². The van der Waals surface area contributed by atoms with Gasteiger partial charge in [-0.2, -0.15) is 5.10 Å². The summed E-state index contributed by atoms with van der Waals surface area (Å²) in [5.41, 5.74) is 0.0246. The molecule has 0 fully saturated rings. The summed E-state index contributed by atoms with van der Waals surface area (Å²) in [5, 5.41) is 15.8. The van der Waals surface area contributed by atoms with Crippen molar-refractivity contribution in [3.05, 3.63) is 61.9 Å². The van der Waals surface area contributed by atoms with Crippen LogP contribution in [0.5, 0.6) is 0 Å². The van der Waals surface area contributed by atoms with Crippen LogP contribution in [0, 0.1) is 17.0 Å². The van der Waals surface area contributed by atoms with E-state index in [1.807, 2.05) is 6.92 Å². The van der Waals surface area contributed by atoms with Crippen molar-refractivity contribution in [3.8, 4) is 0 Å². The third kappa shape index (κ3) is 4.07. The second-order valence-electron chi connectivity index (χ2n) is 6.23. The minimum atomic E-state index is -1.49. The van der Waals surface area contributed by atoms with Crippen molar-refractivity contribution in [3.63, 3.8) is 0 Å². The molecular weight excluding hydrogens is 390 g/mol. The molecule has 0 N–H and O–H groups in total. The molecule has 0 amide bonds. The van der Waals surface area contributed by atoms with E-state index in [2.05, 4.69) is 21.0 Å². The predicted molar refractivity (Wildman–Crippen MR) is 96.0 cm³/mol. The first-order valence-corrected chi connectivity index (χ1v) is 8.61. The van der Waals surface area contributed by atoms with Crippen molar-refractivity contribution in [2.75, 3.05) is 0 Å². The van der Waals surface area contributed by atoms with Crippen LogP contribution in [0.2, 0.25) is 0 Å². The minimum Gasteiger partial charge on any atom is -0.445 e. The standard InChI is InChI=1S/C17H20BrN3O4/c1-5-20-14(10-11(2)19-20)16(22)25-15(17(3,4)21(23)24)12-6-8-13(18)9-7-12/h6-10,15H,5H2,1-4H3. The molecule has 0 bridgehead atoms. The van der Waals surface area contributed by atoms with Crippen molar-refractivity contribution < 1.29 is 14.5 Å². The van der Waals surface area contributed by atoms with Crippen LogP contribution >= 0.6 is 15.9 Å². The molecule has 0 aliphatic carbocycles. The number of benzene rings is 1. The summed E-state index contributed by atoms with van der Waals surface area (Å²) in [5.74, 6) is -0.634. The quantitative estimate of drug-likeness (QED) is 0.409. The van der Waals surface area contributed by atoms with Gasteiger partial charge in [0.25, 0.3) is 5.54 Å². The van der Waals surface area contributed by atoms with E-state index >= 15 is 0 Å². The molecule has 1 aromatic heterocycles. The van der Waals surface area contributed by atoms with E-state index in [1.54, 1.807) is 37.3 Å². The number of nitrogens with zero attached hydrogens (tertiary/aromatic N) is 3. The maximum absolute atomic E-state index is 12.6. The summed E-state index contributed by atoms with van der Waals surface area (Å²) in [6, 6.07) is 8.54. The molecule has 1 unspecified atom stereocenters. The minimum absolute atomic E-state index is 0.279. The second-order valence-corrected chi connectivity index (χ2v) is 7.15. The first-order valence-electron chi connectivity index (χ1n) is 7.82. The highest BCUT2D eigenvalue weighted by molar-refractivity contribution is 9.10. The molecule has 1 atom stereocenters. The molecule has 0 saturated heterocycles. The van der Waals surface area contributed by atoms with E-state index in [4.69, 9.17) is 4.74 Å². The van der Waals surface area contributed by atoms with Gasteiger partial charge in [-0.05, 0) is 37.6 Å². The van der Waals surface area contributed by atoms with E-state index in [9.17, 15) is 14.9 Å². The fourth-order valence-corrected chi connectivity index (χ4v) is 2.74. The summed E-state index contributed by atoms with van der Waals surface area (Å²) in [4.78, 5) is 23.7. The first-order chi connectivity index (χ1) is 11.7. The van der Waals surface area contributed by atoms with E-state index in [0.29, 0.717) is 17.8 Å². The highest BCUT2D eigenvalue weighted by atomic mass is 79.9. The van der Waals surface area contributed by atoms with E-state index in [-0.39, 0.29) is 5.69 Å². The third-order valence-electron chi connectivity index (χ3n) is 3.92. The van der Waals surface area contributed by atoms with Crippen molar-refractivity contribution in [1.82, 2.24) is 9.78 Å². The van der Waals surface area contributed by atoms with Gasteiger partial charge in [-0.1, -0.05) is 28.1 Å². The highest BCUT2D eigenvalue weighted by Crippen LogP contribution is 2.33. The normalized spacial score (nSPS) is 12.7. The van der Waals surface area contributed by atoms with Gasteiger partial charge in [0.05, 0.1) is 5.69 Å². The lowest BCUT2D eigenvalue weighted by atomic mass is 9.92. The van der Waals surface area contributed by atoms with Crippen molar-refractivity contribution in [2.24, 2.45) is 0 Å². The average Bonchev–Trinajstić information content (AvgIpc) is 2.94. The van der Waals surface area contributed by atoms with E-state index < -0.39 is 22.5 Å². The lowest BCUT2D eigenvalue weighted by Crippen LogP contribution is -2.40. The number of ether oxygens (including phenoxy) is 1. The molecule has 25 heavy (non-hydrogen) atoms. The molecule has 7 nitrogen and oxygen atoms in total. The topological polar surface area (TPSA) is 87.3 Å². The summed E-state index contributed by atoms with van der Waals surface area (Å²) < 4.78 is 7.94. The van der Waals surface area contributed by atoms with Gasteiger partial charge in [0.2, 0.25) is 0 Å². The predicted octanol–water partition coefficient (Wildman–Crippen LogP) is 3.93. The van der Waals surface area contributed by atoms with Gasteiger partial charge < -0.3 is 4.74 Å². The molecule has 0 spiro atoms. The highest BCUT2D eigenvalue weighted by Gasteiger charge is 2.45. The van der Waals surface area contributed by atoms with Crippen molar-refractivity contribution in [2.45, 2.75) is 45.9 Å². The van der Waals surface area contributed by atoms with Gasteiger partial charge >= 0.3 is 5.97 Å². The summed E-state index contributed by atoms with van der Waals surface area (Å²) in [6.45, 7) is 7.01. The second kappa shape index (κ2) is 7.35. The number of rotatable bonds is 6. The number of carbonyl (C=O) groups is 1. The summed E-state index contributed by atoms with van der Waals surface area (Å²) in [7, 11) is 0. The Morgan fingerprint density at radius 1 is 1.40 bits per heavy atom. The Kier molecular flexibility index (Phi) is 5.62. The van der Waals surface area contributed by atoms with Gasteiger partial charge in [0.1, 0.15) is 5.69 Å². The summed E-state index contributed by atoms with van der Waals surface area (Å²) >= 11 is 3.33. The Morgan fingerprint density at radius 3 is 2.52 bits per heavy atom. The first kappa shape index (κ1) is 19.1. The monoisotopic (exact) mass is 409 g/mol. The summed E-state index contributed by atoms with van der Waals surface area (Å²) in [6.07, 6.45) is -1.04. The molecule has 1 heterocycles. The van der Waals surface area contributed by atoms with E-state index in [1.165, 1.54) is 18.5 Å². The Balaban J connectivity index is 2.40. The van der Waals surface area contributed by atoms with Crippen LogP contribution in [0.4, 0.5) is 0 Å². The fraction of sp³-hybridized carbons (Fsp3) is 0.412. The van der Waals surface area contributed by atoms with Gasteiger partial charge in [-0.25, -0.2) is 4.79 Å². The molecule has 2 aromatic rings. The fourth-order valence-electron chi connectivity index (χ4n) is 2.47. The zero-order valence-corrected chi connectivity index (χ0v) is 16.1. The maximum Gasteiger partial charge on any atom is 0.357 e.